The predicted octanol–water partition coefficient (Wildman–Crippen LogP) is 0.804. The molecule has 0 rings (SSSR count). The van der Waals surface area contributed by atoms with E-state index in [0.717, 1.165) is 0 Å². The molecule has 0 saturated carbocycles. The van der Waals surface area contributed by atoms with E-state index in [-0.39, 0.29) is 0 Å². The van der Waals surface area contributed by atoms with Crippen LogP contribution in [0.2, 0.25) is 0 Å². The van der Waals surface area contributed by atoms with E-state index in [9.17, 15) is 9.18 Å². The first kappa shape index (κ1) is 6.88. The van der Waals surface area contributed by atoms with Crippen molar-refractivity contribution in [2.75, 3.05) is 6.67 Å². The van der Waals surface area contributed by atoms with Gasteiger partial charge in [0.15, 0.2) is 0 Å². The number of aliphatic carboxylic acids is 1. The van der Waals surface area contributed by atoms with E-state index in [0.29, 0.717) is 0 Å². The van der Waals surface area contributed by atoms with Crippen molar-refractivity contribution in [2.45, 2.75) is 4.83 Å². The molecule has 1 unspecified atom stereocenters. The molecule has 0 amide bonds. The summed E-state index contributed by atoms with van der Waals surface area (Å²) in [5.41, 5.74) is 0. The average molecular weight is 171 g/mol. The van der Waals surface area contributed by atoms with Crippen LogP contribution in [0.5, 0.6) is 0 Å². The highest BCUT2D eigenvalue weighted by atomic mass is 79.9. The van der Waals surface area contributed by atoms with Crippen molar-refractivity contribution in [3.8, 4) is 0 Å². The lowest BCUT2D eigenvalue weighted by atomic mass is 10.5. The number of carboxylic acids is 1. The second-order valence-electron chi connectivity index (χ2n) is 0.960. The standard InChI is InChI=1S/C3H4BrFO2/c4-2(1-5)3(6)7/h2H,1H2,(H,6,7). The van der Waals surface area contributed by atoms with Crippen LogP contribution in [0.3, 0.4) is 0 Å². The Balaban J connectivity index is 3.34. The van der Waals surface area contributed by atoms with Crippen LogP contribution in [0, 0.1) is 0 Å². The van der Waals surface area contributed by atoms with E-state index < -0.39 is 17.5 Å². The largest absolute Gasteiger partial charge is 0.480 e. The van der Waals surface area contributed by atoms with Crippen LogP contribution < -0.4 is 0 Å². The predicted molar refractivity (Wildman–Crippen MR) is 26.3 cm³/mol. The van der Waals surface area contributed by atoms with Crippen molar-refractivity contribution < 1.29 is 14.3 Å². The minimum Gasteiger partial charge on any atom is -0.480 e. The number of carbonyl (C=O) groups is 1. The molecular weight excluding hydrogens is 167 g/mol. The Morgan fingerprint density at radius 1 is 2.00 bits per heavy atom. The van der Waals surface area contributed by atoms with Crippen LogP contribution in [0.4, 0.5) is 4.39 Å². The molecule has 1 N–H and O–H groups in total. The van der Waals surface area contributed by atoms with Gasteiger partial charge in [-0.3, -0.25) is 4.79 Å². The summed E-state index contributed by atoms with van der Waals surface area (Å²) < 4.78 is 11.2. The monoisotopic (exact) mass is 170 g/mol. The smallest absolute Gasteiger partial charge is 0.319 e. The SMILES string of the molecule is O=C(O)C(Br)CF. The van der Waals surface area contributed by atoms with Crippen LogP contribution in [0.25, 0.3) is 0 Å². The molecule has 0 spiro atoms. The van der Waals surface area contributed by atoms with Gasteiger partial charge in [0.25, 0.3) is 0 Å². The van der Waals surface area contributed by atoms with Crippen molar-refractivity contribution in [3.05, 3.63) is 0 Å². The van der Waals surface area contributed by atoms with Crippen LogP contribution >= 0.6 is 15.9 Å². The number of halogens is 2. The summed E-state index contributed by atoms with van der Waals surface area (Å²) >= 11 is 2.57. The minimum atomic E-state index is -1.16. The third-order valence-electron chi connectivity index (χ3n) is 0.403. The van der Waals surface area contributed by atoms with Gasteiger partial charge in [-0.1, -0.05) is 15.9 Å². The fraction of sp³-hybridized carbons (Fsp3) is 0.667. The molecule has 0 bridgehead atoms. The number of hydrogen-bond donors (Lipinski definition) is 1. The normalized spacial score (nSPS) is 13.4. The quantitative estimate of drug-likeness (QED) is 0.624. The highest BCUT2D eigenvalue weighted by molar-refractivity contribution is 9.10. The molecule has 0 aromatic rings. The fourth-order valence-corrected chi connectivity index (χ4v) is 0.0660. The zero-order valence-corrected chi connectivity index (χ0v) is 4.98. The molecule has 1 atom stereocenters. The summed E-state index contributed by atoms with van der Waals surface area (Å²) in [5, 5.41) is 7.90. The molecule has 4 heteroatoms. The van der Waals surface area contributed by atoms with Gasteiger partial charge in [-0.25, -0.2) is 4.39 Å². The molecule has 0 aliphatic rings. The summed E-state index contributed by atoms with van der Waals surface area (Å²) in [6.07, 6.45) is 0. The summed E-state index contributed by atoms with van der Waals surface area (Å²) in [6, 6.07) is 0. The van der Waals surface area contributed by atoms with Gasteiger partial charge in [0.2, 0.25) is 0 Å². The number of alkyl halides is 2. The van der Waals surface area contributed by atoms with Gasteiger partial charge in [0, 0.05) is 0 Å². The molecule has 0 aliphatic carbocycles. The summed E-state index contributed by atoms with van der Waals surface area (Å²) in [4.78, 5) is 8.61. The van der Waals surface area contributed by atoms with Crippen LogP contribution in [-0.2, 0) is 4.79 Å². The Morgan fingerprint density at radius 3 is 2.43 bits per heavy atom. The van der Waals surface area contributed by atoms with E-state index in [1.807, 2.05) is 0 Å². The van der Waals surface area contributed by atoms with E-state index in [1.54, 1.807) is 0 Å². The molecule has 0 saturated heterocycles. The van der Waals surface area contributed by atoms with E-state index in [1.165, 1.54) is 0 Å². The zero-order valence-electron chi connectivity index (χ0n) is 3.40. The van der Waals surface area contributed by atoms with Gasteiger partial charge in [0.05, 0.1) is 0 Å². The first-order valence-corrected chi connectivity index (χ1v) is 2.53. The highest BCUT2D eigenvalue weighted by Gasteiger charge is 2.10. The molecular formula is C3H4BrFO2. The maximum atomic E-state index is 11.2. The summed E-state index contributed by atoms with van der Waals surface area (Å²) in [5.74, 6) is -1.16. The highest BCUT2D eigenvalue weighted by Crippen LogP contribution is 1.97. The topological polar surface area (TPSA) is 37.3 Å². The molecule has 0 aromatic carbocycles. The first-order chi connectivity index (χ1) is 3.18. The van der Waals surface area contributed by atoms with Gasteiger partial charge < -0.3 is 5.11 Å². The molecule has 0 heterocycles. The summed E-state index contributed by atoms with van der Waals surface area (Å²) in [6.45, 7) is -0.866. The van der Waals surface area contributed by atoms with Crippen LogP contribution in [0.1, 0.15) is 0 Å². The Kier molecular flexibility index (Phi) is 2.91. The molecule has 0 fully saturated rings. The maximum absolute atomic E-state index is 11.2. The molecule has 2 nitrogen and oxygen atoms in total. The van der Waals surface area contributed by atoms with Gasteiger partial charge in [-0.05, 0) is 0 Å². The Labute approximate surface area is 48.5 Å². The van der Waals surface area contributed by atoms with Crippen molar-refractivity contribution in [2.24, 2.45) is 0 Å². The second kappa shape index (κ2) is 2.96. The molecule has 0 aromatic heterocycles. The van der Waals surface area contributed by atoms with Crippen molar-refractivity contribution >= 4 is 21.9 Å². The Bertz CT molecular complexity index is 75.3. The van der Waals surface area contributed by atoms with E-state index in [2.05, 4.69) is 15.9 Å². The minimum absolute atomic E-state index is 0.866. The first-order valence-electron chi connectivity index (χ1n) is 1.61. The number of rotatable bonds is 2. The third kappa shape index (κ3) is 2.56. The number of carboxylic acid groups (broad SMARTS) is 1. The molecule has 7 heavy (non-hydrogen) atoms. The van der Waals surface area contributed by atoms with Gasteiger partial charge in [-0.2, -0.15) is 0 Å². The van der Waals surface area contributed by atoms with E-state index >= 15 is 0 Å². The van der Waals surface area contributed by atoms with Crippen molar-refractivity contribution in [1.82, 2.24) is 0 Å². The lowest BCUT2D eigenvalue weighted by Crippen LogP contribution is -2.13. The zero-order chi connectivity index (χ0) is 5.86. The Morgan fingerprint density at radius 2 is 2.43 bits per heavy atom. The average Bonchev–Trinajstić information content (AvgIpc) is 1.65. The fourth-order valence-electron chi connectivity index (χ4n) is 0.0660. The molecule has 0 aliphatic heterocycles. The third-order valence-corrected chi connectivity index (χ3v) is 1.04. The second-order valence-corrected chi connectivity index (χ2v) is 2.07. The number of hydrogen-bond acceptors (Lipinski definition) is 1. The van der Waals surface area contributed by atoms with Crippen molar-refractivity contribution in [1.29, 1.82) is 0 Å². The van der Waals surface area contributed by atoms with Crippen LogP contribution in [-0.4, -0.2) is 22.6 Å². The van der Waals surface area contributed by atoms with Gasteiger partial charge in [-0.15, -0.1) is 0 Å². The lowest BCUT2D eigenvalue weighted by molar-refractivity contribution is -0.136. The van der Waals surface area contributed by atoms with Crippen LogP contribution in [0.15, 0.2) is 0 Å². The van der Waals surface area contributed by atoms with Crippen molar-refractivity contribution in [3.63, 3.8) is 0 Å². The van der Waals surface area contributed by atoms with Gasteiger partial charge in [0.1, 0.15) is 11.5 Å². The van der Waals surface area contributed by atoms with Gasteiger partial charge >= 0.3 is 5.97 Å². The lowest BCUT2D eigenvalue weighted by Gasteiger charge is -1.91. The molecule has 0 radical (unpaired) electrons. The van der Waals surface area contributed by atoms with E-state index in [4.69, 9.17) is 5.11 Å². The molecule has 42 valence electrons. The maximum Gasteiger partial charge on any atom is 0.319 e. The Hall–Kier alpha value is -0.120. The summed E-state index contributed by atoms with van der Waals surface area (Å²) in [7, 11) is 0.